The maximum absolute atomic E-state index is 13.6. The van der Waals surface area contributed by atoms with Crippen molar-refractivity contribution < 1.29 is 4.79 Å². The summed E-state index contributed by atoms with van der Waals surface area (Å²) in [7, 11) is 0. The van der Waals surface area contributed by atoms with Crippen molar-refractivity contribution in [3.8, 4) is 0 Å². The average Bonchev–Trinajstić information content (AvgIpc) is 3.36. The summed E-state index contributed by atoms with van der Waals surface area (Å²) in [6, 6.07) is 8.90. The number of nitrogens with zero attached hydrogens (tertiary/aromatic N) is 3. The van der Waals surface area contributed by atoms with E-state index in [2.05, 4.69) is 45.3 Å². The molecule has 5 rings (SSSR count). The number of imidazole rings is 1. The highest BCUT2D eigenvalue weighted by Crippen LogP contribution is 2.46. The van der Waals surface area contributed by atoms with Crippen molar-refractivity contribution in [2.75, 3.05) is 0 Å². The average molecular weight is 347 g/mol. The molecule has 0 bridgehead atoms. The first-order valence-corrected chi connectivity index (χ1v) is 9.83. The molecule has 134 valence electrons. The van der Waals surface area contributed by atoms with Crippen LogP contribution in [0.2, 0.25) is 0 Å². The second-order valence-electron chi connectivity index (χ2n) is 7.98. The highest BCUT2D eigenvalue weighted by atomic mass is 16.1. The van der Waals surface area contributed by atoms with Gasteiger partial charge >= 0.3 is 0 Å². The summed E-state index contributed by atoms with van der Waals surface area (Å²) in [6.07, 6.45) is 9.66. The van der Waals surface area contributed by atoms with Gasteiger partial charge in [-0.05, 0) is 38.2 Å². The molecule has 4 heteroatoms. The number of hydrogen-bond acceptors (Lipinski definition) is 2. The Labute approximate surface area is 153 Å². The van der Waals surface area contributed by atoms with E-state index in [0.717, 1.165) is 23.2 Å². The fourth-order valence-electron chi connectivity index (χ4n) is 5.26. The number of ketones is 1. The van der Waals surface area contributed by atoms with Gasteiger partial charge in [0.1, 0.15) is 5.82 Å². The van der Waals surface area contributed by atoms with E-state index in [1.54, 1.807) is 6.20 Å². The highest BCUT2D eigenvalue weighted by Gasteiger charge is 2.39. The van der Waals surface area contributed by atoms with E-state index in [-0.39, 0.29) is 11.8 Å². The Balaban J connectivity index is 1.74. The molecule has 3 aromatic rings. The summed E-state index contributed by atoms with van der Waals surface area (Å²) in [6.45, 7) is 4.27. The molecular weight excluding hydrogens is 322 g/mol. The lowest BCUT2D eigenvalue weighted by atomic mass is 9.83. The van der Waals surface area contributed by atoms with Crippen LogP contribution in [0.25, 0.3) is 10.9 Å². The Morgan fingerprint density at radius 3 is 2.65 bits per heavy atom. The third-order valence-electron chi connectivity index (χ3n) is 6.43. The SMILES string of the molecule is Cc1nccn1C1CC(C)c2c(c3ccccc3n2C2CCCC2)C1=O. The number of benzene rings is 1. The van der Waals surface area contributed by atoms with Gasteiger partial charge in [0.15, 0.2) is 5.78 Å². The van der Waals surface area contributed by atoms with E-state index >= 15 is 0 Å². The van der Waals surface area contributed by atoms with Crippen LogP contribution >= 0.6 is 0 Å². The standard InChI is InChI=1S/C22H25N3O/c1-14-13-19(24-12-11-23-15(24)2)22(26)20-17-9-5-6-10-18(17)25(21(14)20)16-7-3-4-8-16/h5-6,9-12,14,16,19H,3-4,7-8,13H2,1-2H3. The lowest BCUT2D eigenvalue weighted by Crippen LogP contribution is -2.29. The largest absolute Gasteiger partial charge is 0.341 e. The van der Waals surface area contributed by atoms with Crippen LogP contribution in [0.15, 0.2) is 36.7 Å². The van der Waals surface area contributed by atoms with Gasteiger partial charge in [-0.25, -0.2) is 4.98 Å². The first-order chi connectivity index (χ1) is 12.7. The molecule has 2 aliphatic rings. The van der Waals surface area contributed by atoms with Crippen LogP contribution in [0.4, 0.5) is 0 Å². The Morgan fingerprint density at radius 1 is 1.15 bits per heavy atom. The molecule has 26 heavy (non-hydrogen) atoms. The molecule has 0 N–H and O–H groups in total. The molecule has 2 heterocycles. The van der Waals surface area contributed by atoms with Gasteiger partial charge in [-0.3, -0.25) is 4.79 Å². The third kappa shape index (κ3) is 2.14. The van der Waals surface area contributed by atoms with E-state index < -0.39 is 0 Å². The van der Waals surface area contributed by atoms with Gasteiger partial charge in [0, 0.05) is 40.6 Å². The Kier molecular flexibility index (Phi) is 3.56. The van der Waals surface area contributed by atoms with E-state index in [1.165, 1.54) is 36.9 Å². The number of carbonyl (C=O) groups is 1. The number of rotatable bonds is 2. The number of fused-ring (bicyclic) bond motifs is 3. The van der Waals surface area contributed by atoms with E-state index in [1.807, 2.05) is 13.1 Å². The van der Waals surface area contributed by atoms with Crippen molar-refractivity contribution in [1.29, 1.82) is 0 Å². The van der Waals surface area contributed by atoms with Crippen LogP contribution < -0.4 is 0 Å². The lowest BCUT2D eigenvalue weighted by Gasteiger charge is -2.31. The van der Waals surface area contributed by atoms with E-state index in [4.69, 9.17) is 0 Å². The van der Waals surface area contributed by atoms with Crippen molar-refractivity contribution in [3.05, 3.63) is 53.7 Å². The predicted octanol–water partition coefficient (Wildman–Crippen LogP) is 5.19. The Morgan fingerprint density at radius 2 is 1.92 bits per heavy atom. The molecule has 2 aliphatic carbocycles. The zero-order valence-electron chi connectivity index (χ0n) is 15.5. The third-order valence-corrected chi connectivity index (χ3v) is 6.43. The highest BCUT2D eigenvalue weighted by molar-refractivity contribution is 6.12. The second-order valence-corrected chi connectivity index (χ2v) is 7.98. The van der Waals surface area contributed by atoms with Crippen LogP contribution in [0.1, 0.15) is 78.9 Å². The molecule has 0 saturated heterocycles. The van der Waals surface area contributed by atoms with Crippen LogP contribution in [0.5, 0.6) is 0 Å². The van der Waals surface area contributed by atoms with Crippen LogP contribution in [0.3, 0.4) is 0 Å². The van der Waals surface area contributed by atoms with Crippen molar-refractivity contribution in [2.24, 2.45) is 0 Å². The van der Waals surface area contributed by atoms with Crippen molar-refractivity contribution in [2.45, 2.75) is 64.0 Å². The van der Waals surface area contributed by atoms with Gasteiger partial charge in [0.25, 0.3) is 0 Å². The zero-order chi connectivity index (χ0) is 17.8. The monoisotopic (exact) mass is 347 g/mol. The molecule has 1 fully saturated rings. The molecular formula is C22H25N3O. The Bertz CT molecular complexity index is 990. The quantitative estimate of drug-likeness (QED) is 0.640. The number of aromatic nitrogens is 3. The van der Waals surface area contributed by atoms with Crippen molar-refractivity contribution >= 4 is 16.7 Å². The van der Waals surface area contributed by atoms with Gasteiger partial charge in [-0.1, -0.05) is 38.0 Å². The summed E-state index contributed by atoms with van der Waals surface area (Å²) in [4.78, 5) is 17.9. The molecule has 2 aromatic heterocycles. The molecule has 2 atom stereocenters. The van der Waals surface area contributed by atoms with Crippen LogP contribution in [-0.4, -0.2) is 19.9 Å². The Hall–Kier alpha value is -2.36. The van der Waals surface area contributed by atoms with Gasteiger partial charge in [-0.15, -0.1) is 0 Å². The van der Waals surface area contributed by atoms with Gasteiger partial charge in [0.05, 0.1) is 6.04 Å². The summed E-state index contributed by atoms with van der Waals surface area (Å²) in [5, 5.41) is 1.13. The fraction of sp³-hybridized carbons (Fsp3) is 0.455. The minimum atomic E-state index is -0.136. The maximum atomic E-state index is 13.6. The predicted molar refractivity (Wildman–Crippen MR) is 103 cm³/mol. The smallest absolute Gasteiger partial charge is 0.188 e. The number of para-hydroxylation sites is 1. The maximum Gasteiger partial charge on any atom is 0.188 e. The summed E-state index contributed by atoms with van der Waals surface area (Å²) in [5.41, 5.74) is 3.48. The molecule has 1 saturated carbocycles. The number of carbonyl (C=O) groups excluding carboxylic acids is 1. The van der Waals surface area contributed by atoms with Gasteiger partial charge < -0.3 is 9.13 Å². The van der Waals surface area contributed by atoms with Gasteiger partial charge in [0.2, 0.25) is 0 Å². The number of hydrogen-bond donors (Lipinski definition) is 0. The number of Topliss-reactive ketones (excluding diaryl/α,β-unsaturated/α-hetero) is 1. The molecule has 2 unspecified atom stereocenters. The fourth-order valence-corrected chi connectivity index (χ4v) is 5.26. The van der Waals surface area contributed by atoms with E-state index in [9.17, 15) is 4.79 Å². The topological polar surface area (TPSA) is 39.8 Å². The molecule has 1 aromatic carbocycles. The minimum absolute atomic E-state index is 0.136. The lowest BCUT2D eigenvalue weighted by molar-refractivity contribution is 0.0898. The number of aryl methyl sites for hydroxylation is 1. The van der Waals surface area contributed by atoms with Crippen molar-refractivity contribution in [1.82, 2.24) is 14.1 Å². The molecule has 0 radical (unpaired) electrons. The van der Waals surface area contributed by atoms with Crippen molar-refractivity contribution in [3.63, 3.8) is 0 Å². The summed E-state index contributed by atoms with van der Waals surface area (Å²) in [5.74, 6) is 1.54. The molecule has 0 amide bonds. The van der Waals surface area contributed by atoms with E-state index in [0.29, 0.717) is 12.0 Å². The minimum Gasteiger partial charge on any atom is -0.341 e. The zero-order valence-corrected chi connectivity index (χ0v) is 15.5. The van der Waals surface area contributed by atoms with Gasteiger partial charge in [-0.2, -0.15) is 0 Å². The van der Waals surface area contributed by atoms with Crippen LogP contribution in [-0.2, 0) is 0 Å². The van der Waals surface area contributed by atoms with Crippen LogP contribution in [0, 0.1) is 6.92 Å². The second kappa shape index (κ2) is 5.83. The normalized spacial score (nSPS) is 23.7. The molecule has 0 aliphatic heterocycles. The molecule has 4 nitrogen and oxygen atoms in total. The first-order valence-electron chi connectivity index (χ1n) is 9.83. The molecule has 0 spiro atoms. The first kappa shape index (κ1) is 15.9. The summed E-state index contributed by atoms with van der Waals surface area (Å²) >= 11 is 0. The summed E-state index contributed by atoms with van der Waals surface area (Å²) < 4.78 is 4.58.